The number of benzene rings is 1. The minimum atomic E-state index is 0.0615. The normalized spacial score (nSPS) is 12.0. The zero-order valence-corrected chi connectivity index (χ0v) is 14.9. The average Bonchev–Trinajstić information content (AvgIpc) is 3.10. The zero-order chi connectivity index (χ0) is 17.1. The Hall–Kier alpha value is -2.47. The maximum absolute atomic E-state index is 5.44. The predicted octanol–water partition coefficient (Wildman–Crippen LogP) is 4.50. The van der Waals surface area contributed by atoms with Crippen LogP contribution in [-0.2, 0) is 0 Å². The molecule has 0 saturated carbocycles. The number of rotatable bonds is 6. The molecular formula is C18H20N2O3S. The second kappa shape index (κ2) is 6.97. The summed E-state index contributed by atoms with van der Waals surface area (Å²) in [6, 6.07) is 8.01. The van der Waals surface area contributed by atoms with Crippen molar-refractivity contribution < 1.29 is 14.2 Å². The Bertz CT molecular complexity index is 822. The van der Waals surface area contributed by atoms with Crippen molar-refractivity contribution in [2.75, 3.05) is 26.6 Å². The molecule has 126 valence electrons. The third-order valence-electron chi connectivity index (χ3n) is 3.90. The quantitative estimate of drug-likeness (QED) is 0.714. The fourth-order valence-electron chi connectivity index (χ4n) is 2.66. The Morgan fingerprint density at radius 1 is 1.04 bits per heavy atom. The lowest BCUT2D eigenvalue weighted by atomic mass is 10.1. The molecule has 24 heavy (non-hydrogen) atoms. The van der Waals surface area contributed by atoms with E-state index in [-0.39, 0.29) is 6.04 Å². The highest BCUT2D eigenvalue weighted by Crippen LogP contribution is 2.40. The van der Waals surface area contributed by atoms with E-state index in [0.29, 0.717) is 17.2 Å². The molecule has 0 amide bonds. The Balaban J connectivity index is 1.95. The van der Waals surface area contributed by atoms with Crippen LogP contribution in [0.5, 0.6) is 17.2 Å². The van der Waals surface area contributed by atoms with Crippen molar-refractivity contribution in [1.29, 1.82) is 0 Å². The van der Waals surface area contributed by atoms with E-state index >= 15 is 0 Å². The van der Waals surface area contributed by atoms with Crippen molar-refractivity contribution in [1.82, 2.24) is 4.98 Å². The maximum atomic E-state index is 5.44. The number of hydrogen-bond acceptors (Lipinski definition) is 6. The van der Waals surface area contributed by atoms with Crippen molar-refractivity contribution >= 4 is 27.2 Å². The van der Waals surface area contributed by atoms with Gasteiger partial charge in [0.1, 0.15) is 0 Å². The van der Waals surface area contributed by atoms with Crippen LogP contribution in [-0.4, -0.2) is 26.3 Å². The lowest BCUT2D eigenvalue weighted by molar-refractivity contribution is 0.323. The van der Waals surface area contributed by atoms with Crippen molar-refractivity contribution in [3.63, 3.8) is 0 Å². The molecule has 0 aliphatic rings. The van der Waals surface area contributed by atoms with Crippen LogP contribution in [0.15, 0.2) is 35.8 Å². The van der Waals surface area contributed by atoms with Gasteiger partial charge >= 0.3 is 0 Å². The van der Waals surface area contributed by atoms with Gasteiger partial charge in [0.2, 0.25) is 5.75 Å². The molecule has 6 heteroatoms. The standard InChI is InChI=1S/C18H20N2O3S/c1-11(20-14-5-7-19-13-6-8-24-18(13)14)12-9-15(21-2)17(23-4)16(10-12)22-3/h5-11H,1-4H3,(H,19,20). The van der Waals surface area contributed by atoms with Gasteiger partial charge in [-0.05, 0) is 42.1 Å². The van der Waals surface area contributed by atoms with Gasteiger partial charge in [-0.2, -0.15) is 0 Å². The van der Waals surface area contributed by atoms with Gasteiger partial charge in [-0.15, -0.1) is 11.3 Å². The van der Waals surface area contributed by atoms with E-state index in [2.05, 4.69) is 17.2 Å². The first-order valence-electron chi connectivity index (χ1n) is 7.56. The molecule has 1 N–H and O–H groups in total. The third kappa shape index (κ3) is 2.97. The van der Waals surface area contributed by atoms with E-state index in [1.807, 2.05) is 35.8 Å². The molecule has 0 spiro atoms. The predicted molar refractivity (Wildman–Crippen MR) is 97.8 cm³/mol. The van der Waals surface area contributed by atoms with Gasteiger partial charge in [0.25, 0.3) is 0 Å². The Kier molecular flexibility index (Phi) is 4.76. The summed E-state index contributed by atoms with van der Waals surface area (Å²) in [6.07, 6.45) is 1.82. The number of ether oxygens (including phenoxy) is 3. The smallest absolute Gasteiger partial charge is 0.203 e. The van der Waals surface area contributed by atoms with E-state index in [9.17, 15) is 0 Å². The highest BCUT2D eigenvalue weighted by atomic mass is 32.1. The Labute approximate surface area is 145 Å². The second-order valence-electron chi connectivity index (χ2n) is 5.32. The molecule has 0 fully saturated rings. The van der Waals surface area contributed by atoms with Crippen LogP contribution in [0.25, 0.3) is 10.2 Å². The van der Waals surface area contributed by atoms with E-state index in [1.54, 1.807) is 32.7 Å². The molecule has 3 rings (SSSR count). The molecule has 3 aromatic rings. The number of thiophene rings is 1. The second-order valence-corrected chi connectivity index (χ2v) is 6.23. The number of aromatic nitrogens is 1. The number of nitrogens with one attached hydrogen (secondary N) is 1. The summed E-state index contributed by atoms with van der Waals surface area (Å²) < 4.78 is 17.4. The summed E-state index contributed by atoms with van der Waals surface area (Å²) in [5.41, 5.74) is 3.12. The Morgan fingerprint density at radius 3 is 2.38 bits per heavy atom. The molecule has 5 nitrogen and oxygen atoms in total. The molecule has 0 saturated heterocycles. The molecule has 0 bridgehead atoms. The van der Waals surface area contributed by atoms with E-state index in [1.165, 1.54) is 0 Å². The number of hydrogen-bond donors (Lipinski definition) is 1. The molecule has 1 atom stereocenters. The molecular weight excluding hydrogens is 324 g/mol. The lowest BCUT2D eigenvalue weighted by Gasteiger charge is -2.19. The SMILES string of the molecule is COc1cc(C(C)Nc2ccnc3ccsc23)cc(OC)c1OC. The van der Waals surface area contributed by atoms with Gasteiger partial charge in [-0.25, -0.2) is 0 Å². The van der Waals surface area contributed by atoms with Crippen LogP contribution in [0.4, 0.5) is 5.69 Å². The molecule has 1 unspecified atom stereocenters. The van der Waals surface area contributed by atoms with E-state index in [0.717, 1.165) is 21.5 Å². The first-order chi connectivity index (χ1) is 11.7. The largest absolute Gasteiger partial charge is 0.493 e. The monoisotopic (exact) mass is 344 g/mol. The molecule has 0 aliphatic carbocycles. The van der Waals surface area contributed by atoms with Gasteiger partial charge in [-0.3, -0.25) is 4.98 Å². The van der Waals surface area contributed by atoms with Crippen molar-refractivity contribution in [2.45, 2.75) is 13.0 Å². The number of anilines is 1. The highest BCUT2D eigenvalue weighted by Gasteiger charge is 2.17. The summed E-state index contributed by atoms with van der Waals surface area (Å²) >= 11 is 1.68. The van der Waals surface area contributed by atoms with E-state index in [4.69, 9.17) is 14.2 Å². The van der Waals surface area contributed by atoms with E-state index < -0.39 is 0 Å². The van der Waals surface area contributed by atoms with Crippen LogP contribution in [0, 0.1) is 0 Å². The van der Waals surface area contributed by atoms with Crippen LogP contribution < -0.4 is 19.5 Å². The maximum Gasteiger partial charge on any atom is 0.203 e. The fourth-order valence-corrected chi connectivity index (χ4v) is 3.48. The summed E-state index contributed by atoms with van der Waals surface area (Å²) in [4.78, 5) is 4.37. The van der Waals surface area contributed by atoms with Crippen molar-refractivity contribution in [3.05, 3.63) is 41.4 Å². The number of methoxy groups -OCH3 is 3. The first-order valence-corrected chi connectivity index (χ1v) is 8.44. The third-order valence-corrected chi connectivity index (χ3v) is 4.84. The molecule has 1 aromatic carbocycles. The van der Waals surface area contributed by atoms with Crippen LogP contribution in [0.3, 0.4) is 0 Å². The summed E-state index contributed by atoms with van der Waals surface area (Å²) in [5.74, 6) is 1.90. The number of pyridine rings is 1. The molecule has 2 heterocycles. The topological polar surface area (TPSA) is 52.6 Å². The summed E-state index contributed by atoms with van der Waals surface area (Å²) in [6.45, 7) is 2.10. The van der Waals surface area contributed by atoms with Crippen molar-refractivity contribution in [2.24, 2.45) is 0 Å². The Morgan fingerprint density at radius 2 is 1.75 bits per heavy atom. The molecule has 0 aliphatic heterocycles. The van der Waals surface area contributed by atoms with Gasteiger partial charge in [-0.1, -0.05) is 0 Å². The van der Waals surface area contributed by atoms with Crippen LogP contribution in [0.2, 0.25) is 0 Å². The average molecular weight is 344 g/mol. The molecule has 0 radical (unpaired) electrons. The van der Waals surface area contributed by atoms with Crippen LogP contribution >= 0.6 is 11.3 Å². The molecule has 2 aromatic heterocycles. The minimum Gasteiger partial charge on any atom is -0.493 e. The number of fused-ring (bicyclic) bond motifs is 1. The minimum absolute atomic E-state index is 0.0615. The van der Waals surface area contributed by atoms with Crippen LogP contribution in [0.1, 0.15) is 18.5 Å². The van der Waals surface area contributed by atoms with Gasteiger partial charge < -0.3 is 19.5 Å². The zero-order valence-electron chi connectivity index (χ0n) is 14.1. The van der Waals surface area contributed by atoms with Gasteiger partial charge in [0.15, 0.2) is 11.5 Å². The lowest BCUT2D eigenvalue weighted by Crippen LogP contribution is -2.08. The number of nitrogens with zero attached hydrogens (tertiary/aromatic N) is 1. The summed E-state index contributed by atoms with van der Waals surface area (Å²) in [7, 11) is 4.85. The highest BCUT2D eigenvalue weighted by molar-refractivity contribution is 7.17. The van der Waals surface area contributed by atoms with Gasteiger partial charge in [0.05, 0.1) is 37.2 Å². The van der Waals surface area contributed by atoms with Gasteiger partial charge in [0, 0.05) is 12.2 Å². The first kappa shape index (κ1) is 16.4. The fraction of sp³-hybridized carbons (Fsp3) is 0.278. The summed E-state index contributed by atoms with van der Waals surface area (Å²) in [5, 5.41) is 5.59. The van der Waals surface area contributed by atoms with Crippen molar-refractivity contribution in [3.8, 4) is 17.2 Å².